The van der Waals surface area contributed by atoms with Crippen molar-refractivity contribution in [3.8, 4) is 0 Å². The van der Waals surface area contributed by atoms with Crippen LogP contribution in [0.25, 0.3) is 0 Å². The van der Waals surface area contributed by atoms with Crippen LogP contribution in [0.4, 0.5) is 0 Å². The second-order valence-corrected chi connectivity index (χ2v) is 8.41. The van der Waals surface area contributed by atoms with Crippen molar-refractivity contribution in [1.82, 2.24) is 10.3 Å². The third-order valence-electron chi connectivity index (χ3n) is 4.78. The van der Waals surface area contributed by atoms with Crippen LogP contribution in [-0.2, 0) is 15.1 Å². The summed E-state index contributed by atoms with van der Waals surface area (Å²) in [5, 5.41) is 4.28. The third-order valence-corrected chi connectivity index (χ3v) is 6.79. The SMILES string of the molecule is Cc1ccccc1SC1C(=O)CC(c2ccccc2)(c2cscn2)NC1=O. The highest BCUT2D eigenvalue weighted by atomic mass is 32.2. The highest BCUT2D eigenvalue weighted by molar-refractivity contribution is 8.01. The molecule has 0 spiro atoms. The van der Waals surface area contributed by atoms with E-state index in [2.05, 4.69) is 10.3 Å². The third kappa shape index (κ3) is 3.31. The molecular formula is C21H18N2O2S2. The second kappa shape index (κ2) is 7.29. The van der Waals surface area contributed by atoms with E-state index in [1.165, 1.54) is 23.1 Å². The van der Waals surface area contributed by atoms with E-state index >= 15 is 0 Å². The van der Waals surface area contributed by atoms with Crippen LogP contribution in [-0.4, -0.2) is 21.9 Å². The Morgan fingerprint density at radius 3 is 2.52 bits per heavy atom. The number of nitrogens with one attached hydrogen (secondary N) is 1. The summed E-state index contributed by atoms with van der Waals surface area (Å²) in [5.41, 5.74) is 3.46. The number of carbonyl (C=O) groups excluding carboxylic acids is 2. The maximum absolute atomic E-state index is 13.1. The Labute approximate surface area is 166 Å². The second-order valence-electron chi connectivity index (χ2n) is 6.54. The van der Waals surface area contributed by atoms with Crippen molar-refractivity contribution in [3.63, 3.8) is 0 Å². The van der Waals surface area contributed by atoms with Crippen molar-refractivity contribution < 1.29 is 9.59 Å². The molecule has 0 saturated carbocycles. The molecule has 1 aliphatic heterocycles. The zero-order chi connectivity index (χ0) is 18.9. The van der Waals surface area contributed by atoms with E-state index in [4.69, 9.17) is 0 Å². The first kappa shape index (κ1) is 17.9. The number of nitrogens with zero attached hydrogens (tertiary/aromatic N) is 1. The minimum atomic E-state index is -0.905. The maximum Gasteiger partial charge on any atom is 0.242 e. The average molecular weight is 395 g/mol. The number of piperidine rings is 1. The molecule has 2 unspecified atom stereocenters. The van der Waals surface area contributed by atoms with Gasteiger partial charge in [-0.05, 0) is 24.1 Å². The van der Waals surface area contributed by atoms with Crippen molar-refractivity contribution in [2.45, 2.75) is 29.0 Å². The van der Waals surface area contributed by atoms with Crippen LogP contribution in [0, 0.1) is 6.92 Å². The number of benzene rings is 2. The van der Waals surface area contributed by atoms with Gasteiger partial charge in [-0.15, -0.1) is 23.1 Å². The van der Waals surface area contributed by atoms with Gasteiger partial charge < -0.3 is 5.32 Å². The van der Waals surface area contributed by atoms with Crippen molar-refractivity contribution in [2.75, 3.05) is 0 Å². The summed E-state index contributed by atoms with van der Waals surface area (Å²) >= 11 is 2.78. The molecule has 2 aromatic carbocycles. The number of aryl methyl sites for hydroxylation is 1. The number of Topliss-reactive ketones (excluding diaryl/α,β-unsaturated/α-hetero) is 1. The lowest BCUT2D eigenvalue weighted by atomic mass is 9.79. The Morgan fingerprint density at radius 2 is 1.85 bits per heavy atom. The van der Waals surface area contributed by atoms with E-state index in [9.17, 15) is 9.59 Å². The van der Waals surface area contributed by atoms with Gasteiger partial charge in [-0.25, -0.2) is 4.98 Å². The fraction of sp³-hybridized carbons (Fsp3) is 0.190. The van der Waals surface area contributed by atoms with Gasteiger partial charge in [0.1, 0.15) is 10.8 Å². The Morgan fingerprint density at radius 1 is 1.11 bits per heavy atom. The first-order valence-corrected chi connectivity index (χ1v) is 10.4. The smallest absolute Gasteiger partial charge is 0.242 e. The molecule has 0 aliphatic carbocycles. The Hall–Kier alpha value is -2.44. The molecule has 2 atom stereocenters. The van der Waals surface area contributed by atoms with Crippen molar-refractivity contribution in [2.24, 2.45) is 0 Å². The fourth-order valence-electron chi connectivity index (χ4n) is 3.38. The van der Waals surface area contributed by atoms with E-state index in [1.807, 2.05) is 66.9 Å². The van der Waals surface area contributed by atoms with Gasteiger partial charge in [-0.1, -0.05) is 48.5 Å². The van der Waals surface area contributed by atoms with Crippen molar-refractivity contribution in [1.29, 1.82) is 0 Å². The molecule has 4 nitrogen and oxygen atoms in total. The van der Waals surface area contributed by atoms with E-state index in [-0.39, 0.29) is 18.1 Å². The first-order valence-electron chi connectivity index (χ1n) is 8.61. The van der Waals surface area contributed by atoms with Gasteiger partial charge in [-0.2, -0.15) is 0 Å². The number of hydrogen-bond acceptors (Lipinski definition) is 5. The van der Waals surface area contributed by atoms with Gasteiger partial charge >= 0.3 is 0 Å². The summed E-state index contributed by atoms with van der Waals surface area (Å²) in [6.45, 7) is 1.98. The van der Waals surface area contributed by atoms with Crippen LogP contribution in [0.5, 0.6) is 0 Å². The van der Waals surface area contributed by atoms with Gasteiger partial charge in [0.2, 0.25) is 5.91 Å². The minimum Gasteiger partial charge on any atom is -0.339 e. The normalized spacial score (nSPS) is 22.5. The molecule has 2 heterocycles. The molecule has 3 aromatic rings. The summed E-state index contributed by atoms with van der Waals surface area (Å²) in [7, 11) is 0. The molecule has 27 heavy (non-hydrogen) atoms. The number of amides is 1. The van der Waals surface area contributed by atoms with Gasteiger partial charge in [0.15, 0.2) is 5.78 Å². The number of carbonyl (C=O) groups is 2. The van der Waals surface area contributed by atoms with E-state index < -0.39 is 10.8 Å². The van der Waals surface area contributed by atoms with E-state index in [1.54, 1.807) is 5.51 Å². The topological polar surface area (TPSA) is 59.1 Å². The van der Waals surface area contributed by atoms with Gasteiger partial charge in [0, 0.05) is 16.7 Å². The predicted molar refractivity (Wildman–Crippen MR) is 108 cm³/mol. The summed E-state index contributed by atoms with van der Waals surface area (Å²) in [5.74, 6) is -0.347. The van der Waals surface area contributed by atoms with Crippen LogP contribution < -0.4 is 5.32 Å². The lowest BCUT2D eigenvalue weighted by Gasteiger charge is -2.39. The van der Waals surface area contributed by atoms with Gasteiger partial charge in [0.05, 0.1) is 11.2 Å². The first-order chi connectivity index (χ1) is 13.1. The number of rotatable bonds is 4. The summed E-state index contributed by atoms with van der Waals surface area (Å²) in [6.07, 6.45) is 0.191. The summed E-state index contributed by atoms with van der Waals surface area (Å²) < 4.78 is 0. The zero-order valence-electron chi connectivity index (χ0n) is 14.7. The van der Waals surface area contributed by atoms with E-state index in [0.29, 0.717) is 5.69 Å². The Bertz CT molecular complexity index is 953. The lowest BCUT2D eigenvalue weighted by molar-refractivity contribution is -0.133. The average Bonchev–Trinajstić information content (AvgIpc) is 3.22. The molecule has 1 saturated heterocycles. The molecule has 0 bridgehead atoms. The van der Waals surface area contributed by atoms with Crippen LogP contribution in [0.3, 0.4) is 0 Å². The molecule has 136 valence electrons. The predicted octanol–water partition coefficient (Wildman–Crippen LogP) is 3.95. The lowest BCUT2D eigenvalue weighted by Crippen LogP contribution is -2.58. The zero-order valence-corrected chi connectivity index (χ0v) is 16.3. The largest absolute Gasteiger partial charge is 0.339 e. The number of aromatic nitrogens is 1. The van der Waals surface area contributed by atoms with Crippen LogP contribution in [0.1, 0.15) is 23.2 Å². The number of thiazole rings is 1. The van der Waals surface area contributed by atoms with Gasteiger partial charge in [0.25, 0.3) is 0 Å². The summed E-state index contributed by atoms with van der Waals surface area (Å²) in [6, 6.07) is 17.4. The molecule has 1 N–H and O–H groups in total. The molecule has 1 aliphatic rings. The molecule has 0 radical (unpaired) electrons. The molecule has 4 rings (SSSR count). The van der Waals surface area contributed by atoms with Crippen LogP contribution in [0.2, 0.25) is 0 Å². The molecule has 6 heteroatoms. The number of ketones is 1. The summed E-state index contributed by atoms with van der Waals surface area (Å²) in [4.78, 5) is 31.5. The molecule has 1 aromatic heterocycles. The standard InChI is InChI=1S/C21H18N2O2S2/c1-14-7-5-6-10-17(14)27-19-16(24)11-21(23-20(19)25,18-12-26-13-22-18)15-8-3-2-4-9-15/h2-10,12-13,19H,11H2,1H3,(H,23,25). The van der Waals surface area contributed by atoms with Crippen LogP contribution >= 0.6 is 23.1 Å². The van der Waals surface area contributed by atoms with E-state index in [0.717, 1.165) is 16.0 Å². The number of hydrogen-bond donors (Lipinski definition) is 1. The van der Waals surface area contributed by atoms with Crippen LogP contribution in [0.15, 0.2) is 70.4 Å². The fourth-order valence-corrected chi connectivity index (χ4v) is 5.05. The Balaban J connectivity index is 1.69. The monoisotopic (exact) mass is 394 g/mol. The van der Waals surface area contributed by atoms with Gasteiger partial charge in [-0.3, -0.25) is 9.59 Å². The highest BCUT2D eigenvalue weighted by Gasteiger charge is 2.48. The molecule has 1 fully saturated rings. The maximum atomic E-state index is 13.1. The highest BCUT2D eigenvalue weighted by Crippen LogP contribution is 2.39. The number of thioether (sulfide) groups is 1. The molecular weight excluding hydrogens is 376 g/mol. The Kier molecular flexibility index (Phi) is 4.85. The molecule has 1 amide bonds. The van der Waals surface area contributed by atoms with Crippen molar-refractivity contribution >= 4 is 34.8 Å². The minimum absolute atomic E-state index is 0.0798. The van der Waals surface area contributed by atoms with Crippen molar-refractivity contribution in [3.05, 3.63) is 82.3 Å². The quantitative estimate of drug-likeness (QED) is 0.681.